The van der Waals surface area contributed by atoms with Crippen LogP contribution in [0, 0.1) is 11.8 Å². The highest BCUT2D eigenvalue weighted by atomic mass is 16.2. The predicted molar refractivity (Wildman–Crippen MR) is 164 cm³/mol. The Kier molecular flexibility index (Phi) is 10.8. The Balaban J connectivity index is 1.29. The minimum Gasteiger partial charge on any atom is -0.369 e. The molecule has 4 rings (SSSR count). The van der Waals surface area contributed by atoms with Gasteiger partial charge in [-0.1, -0.05) is 24.8 Å². The summed E-state index contributed by atoms with van der Waals surface area (Å²) in [7, 11) is 5.74. The molecule has 3 aromatic rings. The van der Waals surface area contributed by atoms with Gasteiger partial charge in [0.1, 0.15) is 11.9 Å². The first kappa shape index (κ1) is 30.5. The molecule has 0 radical (unpaired) electrons. The number of likely N-dealkylation sites (N-methyl/N-ethyl adjacent to an activating group) is 1. The van der Waals surface area contributed by atoms with Crippen LogP contribution in [0.5, 0.6) is 0 Å². The Morgan fingerprint density at radius 2 is 2.05 bits per heavy atom. The summed E-state index contributed by atoms with van der Waals surface area (Å²) in [6, 6.07) is 1.54. The van der Waals surface area contributed by atoms with Crippen molar-refractivity contribution in [2.75, 3.05) is 50.9 Å². The van der Waals surface area contributed by atoms with E-state index >= 15 is 0 Å². The van der Waals surface area contributed by atoms with E-state index in [0.29, 0.717) is 56.2 Å². The van der Waals surface area contributed by atoms with E-state index in [1.165, 1.54) is 0 Å². The number of anilines is 3. The van der Waals surface area contributed by atoms with Crippen LogP contribution in [0.15, 0.2) is 36.8 Å². The first-order valence-corrected chi connectivity index (χ1v) is 14.4. The molecule has 1 aliphatic rings. The zero-order chi connectivity index (χ0) is 29.9. The second-order valence-electron chi connectivity index (χ2n) is 10.5. The molecule has 4 heterocycles. The van der Waals surface area contributed by atoms with Gasteiger partial charge in [0.05, 0.1) is 29.8 Å². The maximum atomic E-state index is 12.8. The molecule has 1 saturated heterocycles. The molecule has 1 fully saturated rings. The lowest BCUT2D eigenvalue weighted by molar-refractivity contribution is -0.135. The van der Waals surface area contributed by atoms with Gasteiger partial charge in [-0.15, -0.1) is 0 Å². The van der Waals surface area contributed by atoms with Gasteiger partial charge in [0.2, 0.25) is 17.8 Å². The van der Waals surface area contributed by atoms with Crippen LogP contribution in [-0.4, -0.2) is 92.7 Å². The second-order valence-corrected chi connectivity index (χ2v) is 10.5. The van der Waals surface area contributed by atoms with Crippen LogP contribution in [0.1, 0.15) is 44.6 Å². The fourth-order valence-corrected chi connectivity index (χ4v) is 4.58. The van der Waals surface area contributed by atoms with Crippen LogP contribution < -0.4 is 16.0 Å². The number of hydrogen-bond donors (Lipinski definition) is 3. The average Bonchev–Trinajstić information content (AvgIpc) is 3.61. The van der Waals surface area contributed by atoms with Gasteiger partial charge >= 0.3 is 0 Å². The number of aryl methyl sites for hydroxylation is 1. The molecule has 0 bridgehead atoms. The molecule has 222 valence electrons. The van der Waals surface area contributed by atoms with Crippen LogP contribution >= 0.6 is 0 Å². The normalized spacial score (nSPS) is 14.8. The van der Waals surface area contributed by atoms with E-state index in [0.717, 1.165) is 36.1 Å². The molecule has 12 nitrogen and oxygen atoms in total. The molecule has 1 aliphatic heterocycles. The standard InChI is InChI=1S/C30H40N10O2/c1-5-14-31-27-22(19-34-30(37-27)36-24-18-23-20-35-39(4)28(23)33-21-24)11-7-6-8-15-32-29(42)25-12-9-17-40(25)26(41)13-10-16-38(2)3/h10,13,18-21,25H,5-6,8-9,12,14-17H2,1-4H3,(H,32,42)(H2,31,34,36,37)/b13-10+/t25-/m0/s1. The van der Waals surface area contributed by atoms with Crippen LogP contribution in [0.2, 0.25) is 0 Å². The van der Waals surface area contributed by atoms with E-state index in [9.17, 15) is 9.59 Å². The number of unbranched alkanes of at least 4 members (excludes halogenated alkanes) is 1. The zero-order valence-corrected chi connectivity index (χ0v) is 24.9. The van der Waals surface area contributed by atoms with Crippen LogP contribution in [-0.2, 0) is 16.6 Å². The molecule has 3 aromatic heterocycles. The minimum absolute atomic E-state index is 0.102. The number of nitrogens with zero attached hydrogens (tertiary/aromatic N) is 7. The first-order valence-electron chi connectivity index (χ1n) is 14.4. The summed E-state index contributed by atoms with van der Waals surface area (Å²) in [6.07, 6.45) is 12.4. The number of carbonyl (C=O) groups excluding carboxylic acids is 2. The van der Waals surface area contributed by atoms with Crippen molar-refractivity contribution in [3.8, 4) is 11.8 Å². The van der Waals surface area contributed by atoms with Crippen molar-refractivity contribution in [2.24, 2.45) is 7.05 Å². The highest BCUT2D eigenvalue weighted by Crippen LogP contribution is 2.20. The number of nitrogens with one attached hydrogen (secondary N) is 3. The van der Waals surface area contributed by atoms with E-state index in [2.05, 4.69) is 54.8 Å². The van der Waals surface area contributed by atoms with Crippen molar-refractivity contribution in [1.29, 1.82) is 0 Å². The van der Waals surface area contributed by atoms with Crippen molar-refractivity contribution < 1.29 is 9.59 Å². The largest absolute Gasteiger partial charge is 0.369 e. The maximum Gasteiger partial charge on any atom is 0.246 e. The summed E-state index contributed by atoms with van der Waals surface area (Å²) in [6.45, 7) is 4.63. The van der Waals surface area contributed by atoms with Gasteiger partial charge in [-0.2, -0.15) is 10.1 Å². The van der Waals surface area contributed by atoms with Crippen LogP contribution in [0.3, 0.4) is 0 Å². The molecular formula is C30H40N10O2. The third-order valence-corrected chi connectivity index (χ3v) is 6.73. The lowest BCUT2D eigenvalue weighted by atomic mass is 10.2. The molecule has 0 aliphatic carbocycles. The second kappa shape index (κ2) is 14.9. The van der Waals surface area contributed by atoms with Crippen molar-refractivity contribution in [3.05, 3.63) is 42.4 Å². The molecule has 42 heavy (non-hydrogen) atoms. The van der Waals surface area contributed by atoms with Gasteiger partial charge in [-0.25, -0.2) is 9.97 Å². The molecule has 2 amide bonds. The van der Waals surface area contributed by atoms with Gasteiger partial charge in [-0.05, 0) is 45.8 Å². The third-order valence-electron chi connectivity index (χ3n) is 6.73. The summed E-state index contributed by atoms with van der Waals surface area (Å²) in [4.78, 5) is 42.5. The molecule has 0 saturated carbocycles. The SMILES string of the molecule is CCCNc1nc(Nc2cnc3c(cnn3C)c2)ncc1C#CCCCNC(=O)[C@@H]1CCCN1C(=O)/C=C/CN(C)C. The van der Waals surface area contributed by atoms with Gasteiger partial charge in [-0.3, -0.25) is 14.3 Å². The lowest BCUT2D eigenvalue weighted by Crippen LogP contribution is -2.45. The van der Waals surface area contributed by atoms with Crippen LogP contribution in [0.4, 0.5) is 17.5 Å². The summed E-state index contributed by atoms with van der Waals surface area (Å²) >= 11 is 0. The highest BCUT2D eigenvalue weighted by Gasteiger charge is 2.32. The summed E-state index contributed by atoms with van der Waals surface area (Å²) in [5.74, 6) is 7.24. The van der Waals surface area contributed by atoms with Crippen molar-refractivity contribution >= 4 is 40.3 Å². The molecule has 0 aromatic carbocycles. The van der Waals surface area contributed by atoms with Crippen molar-refractivity contribution in [3.63, 3.8) is 0 Å². The third kappa shape index (κ3) is 8.27. The number of pyridine rings is 1. The Labute approximate surface area is 247 Å². The average molecular weight is 573 g/mol. The van der Waals surface area contributed by atoms with E-state index < -0.39 is 6.04 Å². The van der Waals surface area contributed by atoms with Crippen molar-refractivity contribution in [1.82, 2.24) is 39.8 Å². The van der Waals surface area contributed by atoms with Gasteiger partial charge < -0.3 is 25.8 Å². The number of rotatable bonds is 12. The molecule has 0 spiro atoms. The molecule has 3 N–H and O–H groups in total. The highest BCUT2D eigenvalue weighted by molar-refractivity contribution is 5.93. The number of fused-ring (bicyclic) bond motifs is 1. The van der Waals surface area contributed by atoms with E-state index in [4.69, 9.17) is 0 Å². The molecular weight excluding hydrogens is 532 g/mol. The number of carbonyl (C=O) groups is 2. The maximum absolute atomic E-state index is 12.8. The Morgan fingerprint density at radius 1 is 1.19 bits per heavy atom. The van der Waals surface area contributed by atoms with E-state index in [1.54, 1.807) is 34.2 Å². The number of likely N-dealkylation sites (tertiary alicyclic amines) is 1. The fraction of sp³-hybridized carbons (Fsp3) is 0.467. The lowest BCUT2D eigenvalue weighted by Gasteiger charge is -2.22. The van der Waals surface area contributed by atoms with Crippen LogP contribution in [0.25, 0.3) is 11.0 Å². The Hall–Kier alpha value is -4.50. The quantitative estimate of drug-likeness (QED) is 0.170. The van der Waals surface area contributed by atoms with E-state index in [1.807, 2.05) is 38.2 Å². The Bertz CT molecular complexity index is 1470. The number of amides is 2. The Morgan fingerprint density at radius 3 is 2.86 bits per heavy atom. The van der Waals surface area contributed by atoms with Gasteiger partial charge in [0, 0.05) is 51.1 Å². The number of aromatic nitrogens is 5. The predicted octanol–water partition coefficient (Wildman–Crippen LogP) is 2.68. The number of hydrogen-bond acceptors (Lipinski definition) is 9. The summed E-state index contributed by atoms with van der Waals surface area (Å²) < 4.78 is 1.72. The molecule has 0 unspecified atom stereocenters. The minimum atomic E-state index is -0.411. The molecule has 12 heteroatoms. The monoisotopic (exact) mass is 572 g/mol. The summed E-state index contributed by atoms with van der Waals surface area (Å²) in [5.41, 5.74) is 2.28. The fourth-order valence-electron chi connectivity index (χ4n) is 4.58. The molecule has 1 atom stereocenters. The smallest absolute Gasteiger partial charge is 0.246 e. The summed E-state index contributed by atoms with van der Waals surface area (Å²) in [5, 5.41) is 14.7. The zero-order valence-electron chi connectivity index (χ0n) is 24.9. The van der Waals surface area contributed by atoms with Crippen molar-refractivity contribution in [2.45, 2.75) is 45.1 Å². The van der Waals surface area contributed by atoms with Gasteiger partial charge in [0.15, 0.2) is 5.65 Å². The van der Waals surface area contributed by atoms with E-state index in [-0.39, 0.29) is 11.8 Å². The van der Waals surface area contributed by atoms with Gasteiger partial charge in [0.25, 0.3) is 0 Å². The topological polar surface area (TPSA) is 133 Å². The first-order chi connectivity index (χ1) is 20.4.